The van der Waals surface area contributed by atoms with E-state index >= 15 is 0 Å². The number of amides is 1. The zero-order valence-corrected chi connectivity index (χ0v) is 11.9. The molecule has 1 N–H and O–H groups in total. The molecule has 1 atom stereocenters. The van der Waals surface area contributed by atoms with Crippen LogP contribution in [0.15, 0.2) is 18.2 Å². The molecule has 1 unspecified atom stereocenters. The minimum atomic E-state index is -0.787. The van der Waals surface area contributed by atoms with Gasteiger partial charge in [-0.15, -0.1) is 0 Å². The topological polar surface area (TPSA) is 62.1 Å². The van der Waals surface area contributed by atoms with Gasteiger partial charge in [-0.1, -0.05) is 13.8 Å². The summed E-state index contributed by atoms with van der Waals surface area (Å²) in [6.07, 6.45) is 0.0912. The maximum absolute atomic E-state index is 13.6. The number of rotatable bonds is 6. The SMILES string of the molecule is CC(C)CCNC(=O)C(C)Oc1ccc(C#N)cc1F. The molecule has 20 heavy (non-hydrogen) atoms. The van der Waals surface area contributed by atoms with Crippen LogP contribution >= 0.6 is 0 Å². The van der Waals surface area contributed by atoms with Crippen LogP contribution in [0.5, 0.6) is 5.75 Å². The summed E-state index contributed by atoms with van der Waals surface area (Å²) in [5.41, 5.74) is 0.212. The Labute approximate surface area is 118 Å². The second-order valence-corrected chi connectivity index (χ2v) is 4.99. The number of benzene rings is 1. The molecule has 0 aliphatic rings. The van der Waals surface area contributed by atoms with Crippen molar-refractivity contribution in [2.45, 2.75) is 33.3 Å². The zero-order chi connectivity index (χ0) is 15.1. The highest BCUT2D eigenvalue weighted by molar-refractivity contribution is 5.80. The molecule has 0 aliphatic carbocycles. The van der Waals surface area contributed by atoms with E-state index in [1.165, 1.54) is 12.1 Å². The number of nitriles is 1. The van der Waals surface area contributed by atoms with E-state index in [1.54, 1.807) is 6.92 Å². The molecule has 1 amide bonds. The first-order chi connectivity index (χ1) is 9.43. The molecule has 0 radical (unpaired) electrons. The fourth-order valence-electron chi connectivity index (χ4n) is 1.54. The molecule has 0 aromatic heterocycles. The molecule has 0 fully saturated rings. The van der Waals surface area contributed by atoms with Gasteiger partial charge in [0.15, 0.2) is 17.7 Å². The summed E-state index contributed by atoms with van der Waals surface area (Å²) < 4.78 is 18.9. The molecule has 108 valence electrons. The Balaban J connectivity index is 2.55. The van der Waals surface area contributed by atoms with Crippen LogP contribution in [0.2, 0.25) is 0 Å². The van der Waals surface area contributed by atoms with Crippen LogP contribution in [0.25, 0.3) is 0 Å². The predicted octanol–water partition coefficient (Wildman–Crippen LogP) is 2.63. The number of carbonyl (C=O) groups is 1. The number of hydrogen-bond acceptors (Lipinski definition) is 3. The average molecular weight is 278 g/mol. The Hall–Kier alpha value is -2.09. The highest BCUT2D eigenvalue weighted by Crippen LogP contribution is 2.19. The van der Waals surface area contributed by atoms with Gasteiger partial charge in [0, 0.05) is 6.54 Å². The quantitative estimate of drug-likeness (QED) is 0.870. The molecule has 0 spiro atoms. The Morgan fingerprint density at radius 2 is 2.15 bits per heavy atom. The lowest BCUT2D eigenvalue weighted by molar-refractivity contribution is -0.127. The second kappa shape index (κ2) is 7.49. The molecule has 5 heteroatoms. The van der Waals surface area contributed by atoms with Gasteiger partial charge in [0.1, 0.15) is 0 Å². The first-order valence-electron chi connectivity index (χ1n) is 6.58. The zero-order valence-electron chi connectivity index (χ0n) is 11.9. The highest BCUT2D eigenvalue weighted by Gasteiger charge is 2.16. The van der Waals surface area contributed by atoms with E-state index in [0.717, 1.165) is 12.5 Å². The van der Waals surface area contributed by atoms with Crippen molar-refractivity contribution >= 4 is 5.91 Å². The van der Waals surface area contributed by atoms with Crippen molar-refractivity contribution in [3.05, 3.63) is 29.6 Å². The molecule has 0 saturated carbocycles. The van der Waals surface area contributed by atoms with Gasteiger partial charge in [-0.25, -0.2) is 4.39 Å². The lowest BCUT2D eigenvalue weighted by atomic mass is 10.1. The summed E-state index contributed by atoms with van der Waals surface area (Å²) in [5, 5.41) is 11.4. The molecule has 0 heterocycles. The number of ether oxygens (including phenoxy) is 1. The Kier molecular flexibility index (Phi) is 5.98. The van der Waals surface area contributed by atoms with Crippen molar-refractivity contribution in [3.63, 3.8) is 0 Å². The van der Waals surface area contributed by atoms with E-state index in [0.29, 0.717) is 12.5 Å². The summed E-state index contributed by atoms with van der Waals surface area (Å²) in [6.45, 7) is 6.26. The molecular formula is C15H19FN2O2. The molecule has 0 aliphatic heterocycles. The summed E-state index contributed by atoms with van der Waals surface area (Å²) in [5.74, 6) is -0.460. The van der Waals surface area contributed by atoms with Crippen molar-refractivity contribution in [3.8, 4) is 11.8 Å². The lowest BCUT2D eigenvalue weighted by Gasteiger charge is -2.15. The van der Waals surface area contributed by atoms with Gasteiger partial charge in [-0.3, -0.25) is 4.79 Å². The third kappa shape index (κ3) is 4.88. The van der Waals surface area contributed by atoms with Gasteiger partial charge in [0.2, 0.25) is 0 Å². The number of hydrogen-bond donors (Lipinski definition) is 1. The Morgan fingerprint density at radius 1 is 1.45 bits per heavy atom. The largest absolute Gasteiger partial charge is 0.478 e. The summed E-state index contributed by atoms with van der Waals surface area (Å²) in [7, 11) is 0. The number of halogens is 1. The molecule has 1 aromatic rings. The molecule has 0 bridgehead atoms. The third-order valence-electron chi connectivity index (χ3n) is 2.75. The monoisotopic (exact) mass is 278 g/mol. The smallest absolute Gasteiger partial charge is 0.260 e. The molecule has 1 aromatic carbocycles. The van der Waals surface area contributed by atoms with Gasteiger partial charge in [-0.05, 0) is 37.5 Å². The van der Waals surface area contributed by atoms with Crippen molar-refractivity contribution in [1.82, 2.24) is 5.32 Å². The number of nitrogens with zero attached hydrogens (tertiary/aromatic N) is 1. The van der Waals surface area contributed by atoms with Crippen molar-refractivity contribution in [2.75, 3.05) is 6.54 Å². The van der Waals surface area contributed by atoms with Gasteiger partial charge < -0.3 is 10.1 Å². The van der Waals surface area contributed by atoms with Crippen LogP contribution < -0.4 is 10.1 Å². The molecule has 1 rings (SSSR count). The standard InChI is InChI=1S/C15H19FN2O2/c1-10(2)6-7-18-15(19)11(3)20-14-5-4-12(9-17)8-13(14)16/h4-5,8,10-11H,6-7H2,1-3H3,(H,18,19). The van der Waals surface area contributed by atoms with E-state index in [-0.39, 0.29) is 17.2 Å². The predicted molar refractivity (Wildman–Crippen MR) is 73.7 cm³/mol. The average Bonchev–Trinajstić information content (AvgIpc) is 2.40. The van der Waals surface area contributed by atoms with Crippen molar-refractivity contribution in [2.24, 2.45) is 5.92 Å². The minimum absolute atomic E-state index is 0.0319. The first-order valence-corrected chi connectivity index (χ1v) is 6.58. The summed E-state index contributed by atoms with van der Waals surface area (Å²) in [4.78, 5) is 11.8. The maximum atomic E-state index is 13.6. The van der Waals surface area contributed by atoms with Crippen LogP contribution in [0.3, 0.4) is 0 Å². The third-order valence-corrected chi connectivity index (χ3v) is 2.75. The number of nitrogens with one attached hydrogen (secondary N) is 1. The lowest BCUT2D eigenvalue weighted by Crippen LogP contribution is -2.37. The van der Waals surface area contributed by atoms with Gasteiger partial charge in [0.05, 0.1) is 11.6 Å². The second-order valence-electron chi connectivity index (χ2n) is 4.99. The first kappa shape index (κ1) is 16.0. The Bertz CT molecular complexity index is 509. The number of carbonyl (C=O) groups excluding carboxylic acids is 1. The van der Waals surface area contributed by atoms with E-state index in [1.807, 2.05) is 6.07 Å². The molecule has 4 nitrogen and oxygen atoms in total. The maximum Gasteiger partial charge on any atom is 0.260 e. The van der Waals surface area contributed by atoms with Crippen LogP contribution in [-0.2, 0) is 4.79 Å². The highest BCUT2D eigenvalue weighted by atomic mass is 19.1. The van der Waals surface area contributed by atoms with Gasteiger partial charge >= 0.3 is 0 Å². The van der Waals surface area contributed by atoms with Crippen molar-refractivity contribution < 1.29 is 13.9 Å². The van der Waals surface area contributed by atoms with E-state index in [4.69, 9.17) is 10.00 Å². The fraction of sp³-hybridized carbons (Fsp3) is 0.467. The molecular weight excluding hydrogens is 259 g/mol. The van der Waals surface area contributed by atoms with Gasteiger partial charge in [0.25, 0.3) is 5.91 Å². The van der Waals surface area contributed by atoms with Gasteiger partial charge in [-0.2, -0.15) is 5.26 Å². The Morgan fingerprint density at radius 3 is 2.70 bits per heavy atom. The van der Waals surface area contributed by atoms with Crippen LogP contribution in [0.1, 0.15) is 32.8 Å². The normalized spacial score (nSPS) is 11.8. The van der Waals surface area contributed by atoms with E-state index in [2.05, 4.69) is 19.2 Å². The van der Waals surface area contributed by atoms with E-state index < -0.39 is 11.9 Å². The summed E-state index contributed by atoms with van der Waals surface area (Å²) in [6, 6.07) is 5.72. The van der Waals surface area contributed by atoms with E-state index in [9.17, 15) is 9.18 Å². The summed E-state index contributed by atoms with van der Waals surface area (Å²) >= 11 is 0. The van der Waals surface area contributed by atoms with Crippen LogP contribution in [-0.4, -0.2) is 18.6 Å². The van der Waals surface area contributed by atoms with Crippen LogP contribution in [0.4, 0.5) is 4.39 Å². The fourth-order valence-corrected chi connectivity index (χ4v) is 1.54. The molecule has 0 saturated heterocycles. The minimum Gasteiger partial charge on any atom is -0.478 e. The van der Waals surface area contributed by atoms with Crippen LogP contribution in [0, 0.1) is 23.1 Å². The van der Waals surface area contributed by atoms with Crippen molar-refractivity contribution in [1.29, 1.82) is 5.26 Å².